The third kappa shape index (κ3) is 3.83. The summed E-state index contributed by atoms with van der Waals surface area (Å²) in [5, 5.41) is 0. The molecule has 0 aromatic heterocycles. The lowest BCUT2D eigenvalue weighted by Gasteiger charge is -2.12. The number of hydrogen-bond acceptors (Lipinski definition) is 2. The largest absolute Gasteiger partial charge is 0.297 e. The summed E-state index contributed by atoms with van der Waals surface area (Å²) in [6.45, 7) is 3.21. The minimum Gasteiger partial charge on any atom is -0.297 e. The Morgan fingerprint density at radius 1 is 1.38 bits per heavy atom. The zero-order chi connectivity index (χ0) is 9.68. The summed E-state index contributed by atoms with van der Waals surface area (Å²) in [4.78, 5) is 2.20. The van der Waals surface area contributed by atoms with Crippen LogP contribution < -0.4 is 0 Å². The van der Waals surface area contributed by atoms with Crippen LogP contribution in [0.1, 0.15) is 11.1 Å². The molecule has 0 atom stereocenters. The van der Waals surface area contributed by atoms with E-state index in [1.54, 1.807) is 0 Å². The van der Waals surface area contributed by atoms with Gasteiger partial charge in [-0.15, -0.1) is 0 Å². The van der Waals surface area contributed by atoms with Crippen molar-refractivity contribution in [3.8, 4) is 0 Å². The van der Waals surface area contributed by atoms with E-state index in [-0.39, 0.29) is 0 Å². The van der Waals surface area contributed by atoms with Crippen LogP contribution in [0.25, 0.3) is 0 Å². The zero-order valence-corrected chi connectivity index (χ0v) is 9.22. The number of thiol groups is 1. The predicted octanol–water partition coefficient (Wildman–Crippen LogP) is 2.36. The van der Waals surface area contributed by atoms with Gasteiger partial charge in [-0.05, 0) is 26.0 Å². The fourth-order valence-corrected chi connectivity index (χ4v) is 1.40. The molecule has 0 bridgehead atoms. The molecule has 0 N–H and O–H groups in total. The molecule has 0 amide bonds. The van der Waals surface area contributed by atoms with Gasteiger partial charge in [0.2, 0.25) is 0 Å². The molecule has 13 heavy (non-hydrogen) atoms. The van der Waals surface area contributed by atoms with Crippen LogP contribution in [0.3, 0.4) is 0 Å². The van der Waals surface area contributed by atoms with Crippen molar-refractivity contribution < 1.29 is 0 Å². The summed E-state index contributed by atoms with van der Waals surface area (Å²) in [6.07, 6.45) is 1.11. The Morgan fingerprint density at radius 3 is 2.77 bits per heavy atom. The van der Waals surface area contributed by atoms with E-state index in [1.165, 1.54) is 11.1 Å². The van der Waals surface area contributed by atoms with Crippen molar-refractivity contribution in [3.05, 3.63) is 35.4 Å². The van der Waals surface area contributed by atoms with E-state index in [9.17, 15) is 0 Å². The maximum atomic E-state index is 4.21. The Labute approximate surface area is 86.2 Å². The predicted molar refractivity (Wildman–Crippen MR) is 61.4 cm³/mol. The van der Waals surface area contributed by atoms with Crippen molar-refractivity contribution in [3.63, 3.8) is 0 Å². The minimum atomic E-state index is 0.825. The Kier molecular flexibility index (Phi) is 4.33. The van der Waals surface area contributed by atoms with Crippen LogP contribution in [0.5, 0.6) is 0 Å². The minimum absolute atomic E-state index is 0.825. The molecule has 1 aromatic rings. The molecule has 0 radical (unpaired) electrons. The molecule has 2 heteroatoms. The van der Waals surface area contributed by atoms with Gasteiger partial charge in [0.15, 0.2) is 0 Å². The molecule has 0 unspecified atom stereocenters. The topological polar surface area (TPSA) is 3.24 Å². The van der Waals surface area contributed by atoms with Crippen molar-refractivity contribution in [2.75, 3.05) is 19.5 Å². The third-order valence-corrected chi connectivity index (χ3v) is 2.59. The molecule has 1 aromatic carbocycles. The van der Waals surface area contributed by atoms with E-state index in [1.807, 2.05) is 0 Å². The van der Waals surface area contributed by atoms with Gasteiger partial charge in [-0.25, -0.2) is 0 Å². The number of aryl methyl sites for hydroxylation is 1. The quantitative estimate of drug-likeness (QED) is 0.570. The van der Waals surface area contributed by atoms with Gasteiger partial charge < -0.3 is 0 Å². The first-order valence-corrected chi connectivity index (χ1v) is 5.20. The molecular weight excluding hydrogens is 178 g/mol. The molecule has 0 spiro atoms. The van der Waals surface area contributed by atoms with Gasteiger partial charge >= 0.3 is 0 Å². The summed E-state index contributed by atoms with van der Waals surface area (Å²) in [7, 11) is 2.09. The fraction of sp³-hybridized carbons (Fsp3) is 0.455. The van der Waals surface area contributed by atoms with E-state index in [2.05, 4.69) is 55.8 Å². The van der Waals surface area contributed by atoms with Crippen molar-refractivity contribution in [1.82, 2.24) is 4.90 Å². The second-order valence-electron chi connectivity index (χ2n) is 3.46. The summed E-state index contributed by atoms with van der Waals surface area (Å²) >= 11 is 4.21. The molecular formula is C11H17NS. The molecule has 0 aliphatic carbocycles. The van der Waals surface area contributed by atoms with Crippen LogP contribution in [0.2, 0.25) is 0 Å². The second-order valence-corrected chi connectivity index (χ2v) is 3.74. The molecule has 0 saturated carbocycles. The molecule has 72 valence electrons. The summed E-state index contributed by atoms with van der Waals surface area (Å²) in [6, 6.07) is 8.67. The van der Waals surface area contributed by atoms with Crippen molar-refractivity contribution in [2.45, 2.75) is 13.3 Å². The maximum Gasteiger partial charge on any atom is 0.0411 e. The number of nitrogens with zero attached hydrogens (tertiary/aromatic N) is 1. The first-order valence-electron chi connectivity index (χ1n) is 4.57. The zero-order valence-electron chi connectivity index (χ0n) is 8.33. The van der Waals surface area contributed by atoms with Gasteiger partial charge in [0.05, 0.1) is 0 Å². The average Bonchev–Trinajstić information content (AvgIpc) is 2.14. The number of likely N-dealkylation sites (N-methyl/N-ethyl adjacent to an activating group) is 1. The Balaban J connectivity index is 2.45. The third-order valence-electron chi connectivity index (χ3n) is 2.11. The highest BCUT2D eigenvalue weighted by Crippen LogP contribution is 2.05. The van der Waals surface area contributed by atoms with Gasteiger partial charge in [-0.2, -0.15) is 12.6 Å². The van der Waals surface area contributed by atoms with Crippen LogP contribution >= 0.6 is 12.6 Å². The van der Waals surface area contributed by atoms with E-state index < -0.39 is 0 Å². The highest BCUT2D eigenvalue weighted by molar-refractivity contribution is 7.80. The summed E-state index contributed by atoms with van der Waals surface area (Å²) in [5.74, 6) is 0.825. The second kappa shape index (κ2) is 5.30. The van der Waals surface area contributed by atoms with E-state index in [0.717, 1.165) is 18.8 Å². The number of benzene rings is 1. The average molecular weight is 195 g/mol. The standard InChI is InChI=1S/C11H17NS/c1-10-4-3-5-11(8-10)6-7-12(2)9-13/h3-5,8,13H,6-7,9H2,1-2H3. The van der Waals surface area contributed by atoms with Crippen LogP contribution in [0.4, 0.5) is 0 Å². The van der Waals surface area contributed by atoms with E-state index in [0.29, 0.717) is 0 Å². The monoisotopic (exact) mass is 195 g/mol. The van der Waals surface area contributed by atoms with E-state index in [4.69, 9.17) is 0 Å². The van der Waals surface area contributed by atoms with Gasteiger partial charge in [-0.1, -0.05) is 29.8 Å². The van der Waals surface area contributed by atoms with Crippen LogP contribution in [0.15, 0.2) is 24.3 Å². The first-order chi connectivity index (χ1) is 6.22. The van der Waals surface area contributed by atoms with Gasteiger partial charge in [0, 0.05) is 12.4 Å². The SMILES string of the molecule is Cc1cccc(CCN(C)CS)c1. The van der Waals surface area contributed by atoms with Gasteiger partial charge in [-0.3, -0.25) is 4.90 Å². The smallest absolute Gasteiger partial charge is 0.0411 e. The molecule has 0 heterocycles. The van der Waals surface area contributed by atoms with Crippen LogP contribution in [-0.4, -0.2) is 24.4 Å². The molecule has 0 aliphatic heterocycles. The first kappa shape index (κ1) is 10.6. The van der Waals surface area contributed by atoms with Gasteiger partial charge in [0.25, 0.3) is 0 Å². The Hall–Kier alpha value is -0.470. The molecule has 0 fully saturated rings. The van der Waals surface area contributed by atoms with Gasteiger partial charge in [0.1, 0.15) is 0 Å². The Morgan fingerprint density at radius 2 is 2.15 bits per heavy atom. The molecule has 1 rings (SSSR count). The van der Waals surface area contributed by atoms with Crippen molar-refractivity contribution >= 4 is 12.6 Å². The highest BCUT2D eigenvalue weighted by Gasteiger charge is 1.96. The fourth-order valence-electron chi connectivity index (χ4n) is 1.26. The number of hydrogen-bond donors (Lipinski definition) is 1. The lowest BCUT2D eigenvalue weighted by molar-refractivity contribution is 0.399. The highest BCUT2D eigenvalue weighted by atomic mass is 32.1. The van der Waals surface area contributed by atoms with Crippen LogP contribution in [0, 0.1) is 6.92 Å². The molecule has 0 saturated heterocycles. The Bertz CT molecular complexity index is 260. The maximum absolute atomic E-state index is 4.21. The molecule has 0 aliphatic rings. The normalized spacial score (nSPS) is 10.8. The summed E-state index contributed by atoms with van der Waals surface area (Å²) < 4.78 is 0. The van der Waals surface area contributed by atoms with Crippen LogP contribution in [-0.2, 0) is 6.42 Å². The van der Waals surface area contributed by atoms with Crippen molar-refractivity contribution in [2.24, 2.45) is 0 Å². The van der Waals surface area contributed by atoms with E-state index >= 15 is 0 Å². The summed E-state index contributed by atoms with van der Waals surface area (Å²) in [5.41, 5.74) is 2.75. The lowest BCUT2D eigenvalue weighted by atomic mass is 10.1. The lowest BCUT2D eigenvalue weighted by Crippen LogP contribution is -2.19. The van der Waals surface area contributed by atoms with Crippen molar-refractivity contribution in [1.29, 1.82) is 0 Å². The molecule has 1 nitrogen and oxygen atoms in total. The number of rotatable bonds is 4.